The van der Waals surface area contributed by atoms with Gasteiger partial charge >= 0.3 is 5.97 Å². The summed E-state index contributed by atoms with van der Waals surface area (Å²) in [5.41, 5.74) is 0. The highest BCUT2D eigenvalue weighted by Gasteiger charge is 2.19. The molecule has 0 unspecified atom stereocenters. The molecule has 0 bridgehead atoms. The number of aliphatic hydroxyl groups is 1. The third kappa shape index (κ3) is 3.32. The molecule has 1 aliphatic heterocycles. The van der Waals surface area contributed by atoms with Crippen molar-refractivity contribution in [1.82, 2.24) is 4.90 Å². The van der Waals surface area contributed by atoms with Gasteiger partial charge in [-0.1, -0.05) is 0 Å². The summed E-state index contributed by atoms with van der Waals surface area (Å²) < 4.78 is 4.58. The number of hydrogen-bond donors (Lipinski definition) is 1. The van der Waals surface area contributed by atoms with Crippen molar-refractivity contribution in [2.24, 2.45) is 5.92 Å². The Balaban J connectivity index is 2.21. The highest BCUT2D eigenvalue weighted by Crippen LogP contribution is 2.15. The predicted molar refractivity (Wildman–Crippen MR) is 48.3 cm³/mol. The molecule has 1 heterocycles. The fourth-order valence-electron chi connectivity index (χ4n) is 1.57. The molecule has 4 heteroatoms. The molecular weight excluding hydrogens is 170 g/mol. The molecule has 1 N–H and O–H groups in total. The summed E-state index contributed by atoms with van der Waals surface area (Å²) in [5.74, 6) is 0.247. The van der Waals surface area contributed by atoms with Gasteiger partial charge in [0.25, 0.3) is 0 Å². The normalized spacial score (nSPS) is 20.2. The Kier molecular flexibility index (Phi) is 4.18. The molecule has 0 radical (unpaired) electrons. The number of methoxy groups -OCH3 is 1. The Morgan fingerprint density at radius 2 is 2.15 bits per heavy atom. The third-order valence-corrected chi connectivity index (χ3v) is 2.55. The van der Waals surface area contributed by atoms with Gasteiger partial charge in [-0.2, -0.15) is 0 Å². The second kappa shape index (κ2) is 5.19. The van der Waals surface area contributed by atoms with E-state index < -0.39 is 0 Å². The first-order valence-electron chi connectivity index (χ1n) is 4.66. The molecule has 0 saturated carbocycles. The number of nitrogens with zero attached hydrogens (tertiary/aromatic N) is 1. The Morgan fingerprint density at radius 1 is 1.54 bits per heavy atom. The van der Waals surface area contributed by atoms with Crippen LogP contribution in [0.3, 0.4) is 0 Å². The third-order valence-electron chi connectivity index (χ3n) is 2.55. The molecule has 13 heavy (non-hydrogen) atoms. The SMILES string of the molecule is COC(=O)CN1CCC(CO)CC1. The van der Waals surface area contributed by atoms with Crippen molar-refractivity contribution in [3.05, 3.63) is 0 Å². The van der Waals surface area contributed by atoms with Gasteiger partial charge < -0.3 is 9.84 Å². The first-order valence-corrected chi connectivity index (χ1v) is 4.66. The minimum Gasteiger partial charge on any atom is -0.468 e. The molecule has 0 aromatic carbocycles. The number of aliphatic hydroxyl groups excluding tert-OH is 1. The maximum atomic E-state index is 10.9. The van der Waals surface area contributed by atoms with Crippen molar-refractivity contribution < 1.29 is 14.6 Å². The van der Waals surface area contributed by atoms with Crippen molar-refractivity contribution in [3.8, 4) is 0 Å². The highest BCUT2D eigenvalue weighted by atomic mass is 16.5. The van der Waals surface area contributed by atoms with E-state index in [4.69, 9.17) is 5.11 Å². The fraction of sp³-hybridized carbons (Fsp3) is 0.889. The van der Waals surface area contributed by atoms with E-state index in [1.54, 1.807) is 0 Å². The van der Waals surface area contributed by atoms with Gasteiger partial charge in [0, 0.05) is 6.61 Å². The molecule has 1 saturated heterocycles. The fourth-order valence-corrected chi connectivity index (χ4v) is 1.57. The van der Waals surface area contributed by atoms with Gasteiger partial charge in [-0.15, -0.1) is 0 Å². The van der Waals surface area contributed by atoms with Crippen molar-refractivity contribution in [2.75, 3.05) is 33.4 Å². The van der Waals surface area contributed by atoms with Gasteiger partial charge in [0.15, 0.2) is 0 Å². The maximum Gasteiger partial charge on any atom is 0.319 e. The quantitative estimate of drug-likeness (QED) is 0.625. The lowest BCUT2D eigenvalue weighted by atomic mass is 9.98. The van der Waals surface area contributed by atoms with Gasteiger partial charge in [-0.3, -0.25) is 9.69 Å². The van der Waals surface area contributed by atoms with Crippen LogP contribution in [-0.2, 0) is 9.53 Å². The van der Waals surface area contributed by atoms with Gasteiger partial charge in [0.05, 0.1) is 13.7 Å². The lowest BCUT2D eigenvalue weighted by Crippen LogP contribution is -2.38. The highest BCUT2D eigenvalue weighted by molar-refractivity contribution is 5.71. The minimum absolute atomic E-state index is 0.178. The summed E-state index contributed by atoms with van der Waals surface area (Å²) >= 11 is 0. The van der Waals surface area contributed by atoms with E-state index in [0.717, 1.165) is 25.9 Å². The molecule has 0 aromatic heterocycles. The van der Waals surface area contributed by atoms with Crippen molar-refractivity contribution in [3.63, 3.8) is 0 Å². The summed E-state index contributed by atoms with van der Waals surface area (Å²) in [4.78, 5) is 13.0. The van der Waals surface area contributed by atoms with E-state index in [-0.39, 0.29) is 12.6 Å². The molecule has 1 aliphatic rings. The molecule has 0 aliphatic carbocycles. The van der Waals surface area contributed by atoms with Crippen LogP contribution >= 0.6 is 0 Å². The first kappa shape index (κ1) is 10.5. The van der Waals surface area contributed by atoms with Crippen molar-refractivity contribution in [2.45, 2.75) is 12.8 Å². The van der Waals surface area contributed by atoms with Crippen LogP contribution in [0.1, 0.15) is 12.8 Å². The van der Waals surface area contributed by atoms with E-state index >= 15 is 0 Å². The van der Waals surface area contributed by atoms with Crippen LogP contribution < -0.4 is 0 Å². The second-order valence-electron chi connectivity index (χ2n) is 3.48. The zero-order valence-corrected chi connectivity index (χ0v) is 8.03. The first-order chi connectivity index (χ1) is 6.26. The molecule has 1 rings (SSSR count). The number of esters is 1. The van der Waals surface area contributed by atoms with E-state index in [1.165, 1.54) is 7.11 Å². The van der Waals surface area contributed by atoms with E-state index in [2.05, 4.69) is 9.64 Å². The zero-order chi connectivity index (χ0) is 9.68. The van der Waals surface area contributed by atoms with Crippen molar-refractivity contribution >= 4 is 5.97 Å². The number of rotatable bonds is 3. The largest absolute Gasteiger partial charge is 0.468 e. The molecular formula is C9H17NO3. The standard InChI is InChI=1S/C9H17NO3/c1-13-9(12)6-10-4-2-8(7-11)3-5-10/h8,11H,2-7H2,1H3. The predicted octanol–water partition coefficient (Wildman–Crippen LogP) is -0.136. The smallest absolute Gasteiger partial charge is 0.319 e. The van der Waals surface area contributed by atoms with E-state index in [0.29, 0.717) is 12.5 Å². The average molecular weight is 187 g/mol. The molecule has 1 fully saturated rings. The lowest BCUT2D eigenvalue weighted by Gasteiger charge is -2.29. The molecule has 0 atom stereocenters. The zero-order valence-electron chi connectivity index (χ0n) is 8.03. The van der Waals surface area contributed by atoms with Crippen LogP contribution in [-0.4, -0.2) is 49.3 Å². The number of hydrogen-bond acceptors (Lipinski definition) is 4. The van der Waals surface area contributed by atoms with Gasteiger partial charge in [0.2, 0.25) is 0 Å². The monoisotopic (exact) mass is 187 g/mol. The minimum atomic E-state index is -0.178. The van der Waals surface area contributed by atoms with E-state index in [9.17, 15) is 4.79 Å². The average Bonchev–Trinajstić information content (AvgIpc) is 2.19. The Bertz CT molecular complexity index is 164. The number of ether oxygens (including phenoxy) is 1. The van der Waals surface area contributed by atoms with Crippen LogP contribution in [0, 0.1) is 5.92 Å². The lowest BCUT2D eigenvalue weighted by molar-refractivity contribution is -0.142. The maximum absolute atomic E-state index is 10.9. The second-order valence-corrected chi connectivity index (χ2v) is 3.48. The molecule has 0 spiro atoms. The number of carbonyl (C=O) groups is 1. The van der Waals surface area contributed by atoms with Gasteiger partial charge in [-0.05, 0) is 31.8 Å². The van der Waals surface area contributed by atoms with Crippen molar-refractivity contribution in [1.29, 1.82) is 0 Å². The summed E-state index contributed by atoms with van der Waals surface area (Å²) in [6, 6.07) is 0. The molecule has 0 aromatic rings. The van der Waals surface area contributed by atoms with Crippen LogP contribution in [0.4, 0.5) is 0 Å². The number of piperidine rings is 1. The van der Waals surface area contributed by atoms with Crippen LogP contribution in [0.2, 0.25) is 0 Å². The van der Waals surface area contributed by atoms with Gasteiger partial charge in [0.1, 0.15) is 0 Å². The van der Waals surface area contributed by atoms with Gasteiger partial charge in [-0.25, -0.2) is 0 Å². The number of carbonyl (C=O) groups excluding carboxylic acids is 1. The Hall–Kier alpha value is -0.610. The number of likely N-dealkylation sites (tertiary alicyclic amines) is 1. The molecule has 76 valence electrons. The molecule has 4 nitrogen and oxygen atoms in total. The summed E-state index contributed by atoms with van der Waals surface area (Å²) in [6.45, 7) is 2.43. The summed E-state index contributed by atoms with van der Waals surface area (Å²) in [6.07, 6.45) is 1.96. The summed E-state index contributed by atoms with van der Waals surface area (Å²) in [7, 11) is 1.41. The van der Waals surface area contributed by atoms with Crippen LogP contribution in [0.5, 0.6) is 0 Å². The van der Waals surface area contributed by atoms with Crippen LogP contribution in [0.25, 0.3) is 0 Å². The Labute approximate surface area is 78.5 Å². The summed E-state index contributed by atoms with van der Waals surface area (Å²) in [5, 5.41) is 8.90. The Morgan fingerprint density at radius 3 is 2.62 bits per heavy atom. The topological polar surface area (TPSA) is 49.8 Å². The van der Waals surface area contributed by atoms with Crippen LogP contribution in [0.15, 0.2) is 0 Å². The van der Waals surface area contributed by atoms with E-state index in [1.807, 2.05) is 0 Å². The molecule has 0 amide bonds.